The van der Waals surface area contributed by atoms with E-state index in [1.807, 2.05) is 0 Å². The summed E-state index contributed by atoms with van der Waals surface area (Å²) in [6.07, 6.45) is 0. The molecule has 13 heavy (non-hydrogen) atoms. The molecule has 0 aromatic heterocycles. The van der Waals surface area contributed by atoms with Crippen LogP contribution in [0.1, 0.15) is 5.56 Å². The number of rotatable bonds is 1. The highest BCUT2D eigenvalue weighted by molar-refractivity contribution is 7.81. The van der Waals surface area contributed by atoms with E-state index < -0.39 is 16.4 Å². The van der Waals surface area contributed by atoms with Gasteiger partial charge in [0.25, 0.3) is 0 Å². The summed E-state index contributed by atoms with van der Waals surface area (Å²) in [6, 6.07) is 3.38. The van der Waals surface area contributed by atoms with Gasteiger partial charge in [0, 0.05) is 5.56 Å². The molecule has 1 aromatic carbocycles. The maximum absolute atomic E-state index is 13.2. The number of halogens is 2. The first-order valence-electron chi connectivity index (χ1n) is 3.87. The van der Waals surface area contributed by atoms with Crippen LogP contribution in [0.5, 0.6) is 0 Å². The van der Waals surface area contributed by atoms with Crippen molar-refractivity contribution in [3.63, 3.8) is 0 Å². The third-order valence-electron chi connectivity index (χ3n) is 2.11. The third kappa shape index (κ3) is 1.44. The SMILES string of the molecule is Fc1ccc(F)c(C2(S)COC2)c1. The Morgan fingerprint density at radius 2 is 2.00 bits per heavy atom. The van der Waals surface area contributed by atoms with Crippen molar-refractivity contribution < 1.29 is 13.5 Å². The van der Waals surface area contributed by atoms with Gasteiger partial charge >= 0.3 is 0 Å². The molecule has 1 aliphatic heterocycles. The van der Waals surface area contributed by atoms with Crippen molar-refractivity contribution in [1.29, 1.82) is 0 Å². The Balaban J connectivity index is 2.43. The van der Waals surface area contributed by atoms with Crippen molar-refractivity contribution in [2.45, 2.75) is 4.75 Å². The molecule has 0 spiro atoms. The minimum atomic E-state index is -0.647. The van der Waals surface area contributed by atoms with Crippen LogP contribution >= 0.6 is 12.6 Å². The lowest BCUT2D eigenvalue weighted by Crippen LogP contribution is -2.42. The first kappa shape index (κ1) is 8.97. The van der Waals surface area contributed by atoms with E-state index in [2.05, 4.69) is 12.6 Å². The second kappa shape index (κ2) is 2.96. The van der Waals surface area contributed by atoms with Crippen molar-refractivity contribution in [2.75, 3.05) is 13.2 Å². The first-order valence-corrected chi connectivity index (χ1v) is 4.32. The average molecular weight is 202 g/mol. The van der Waals surface area contributed by atoms with Gasteiger partial charge in [0.15, 0.2) is 0 Å². The molecule has 0 radical (unpaired) electrons. The van der Waals surface area contributed by atoms with E-state index in [9.17, 15) is 8.78 Å². The highest BCUT2D eigenvalue weighted by atomic mass is 32.1. The van der Waals surface area contributed by atoms with Crippen LogP contribution in [0, 0.1) is 11.6 Å². The fourth-order valence-corrected chi connectivity index (χ4v) is 1.66. The minimum Gasteiger partial charge on any atom is -0.378 e. The van der Waals surface area contributed by atoms with Crippen LogP contribution in [0.4, 0.5) is 8.78 Å². The summed E-state index contributed by atoms with van der Waals surface area (Å²) in [4.78, 5) is 0. The molecule has 1 aliphatic rings. The molecule has 0 unspecified atom stereocenters. The van der Waals surface area contributed by atoms with Crippen LogP contribution in [-0.2, 0) is 9.48 Å². The second-order valence-electron chi connectivity index (χ2n) is 3.15. The van der Waals surface area contributed by atoms with Crippen molar-refractivity contribution >= 4 is 12.6 Å². The Labute approximate surface area is 80.1 Å². The minimum absolute atomic E-state index is 0.280. The molecule has 1 fully saturated rings. The van der Waals surface area contributed by atoms with Gasteiger partial charge in [-0.05, 0) is 18.2 Å². The van der Waals surface area contributed by atoms with Gasteiger partial charge in [0.2, 0.25) is 0 Å². The Morgan fingerprint density at radius 1 is 1.31 bits per heavy atom. The summed E-state index contributed by atoms with van der Waals surface area (Å²) in [6.45, 7) is 0.660. The highest BCUT2D eigenvalue weighted by Crippen LogP contribution is 2.37. The van der Waals surface area contributed by atoms with E-state index in [4.69, 9.17) is 4.74 Å². The highest BCUT2D eigenvalue weighted by Gasteiger charge is 2.38. The van der Waals surface area contributed by atoms with Gasteiger partial charge in [0.1, 0.15) is 11.6 Å². The third-order valence-corrected chi connectivity index (χ3v) is 2.61. The molecular weight excluding hydrogens is 194 g/mol. The number of hydrogen-bond acceptors (Lipinski definition) is 2. The van der Waals surface area contributed by atoms with Gasteiger partial charge in [-0.2, -0.15) is 12.6 Å². The molecule has 0 saturated carbocycles. The van der Waals surface area contributed by atoms with Crippen molar-refractivity contribution in [2.24, 2.45) is 0 Å². The summed E-state index contributed by atoms with van der Waals surface area (Å²) in [5, 5.41) is 0. The molecule has 1 saturated heterocycles. The quantitative estimate of drug-likeness (QED) is 0.686. The molecule has 4 heteroatoms. The zero-order valence-corrected chi connectivity index (χ0v) is 7.65. The van der Waals surface area contributed by atoms with Crippen LogP contribution in [0.25, 0.3) is 0 Å². The molecular formula is C9H8F2OS. The summed E-state index contributed by atoms with van der Waals surface area (Å²) in [5.74, 6) is -0.878. The van der Waals surface area contributed by atoms with Gasteiger partial charge in [0.05, 0.1) is 18.0 Å². The Morgan fingerprint density at radius 3 is 2.54 bits per heavy atom. The van der Waals surface area contributed by atoms with Crippen LogP contribution in [-0.4, -0.2) is 13.2 Å². The van der Waals surface area contributed by atoms with Crippen molar-refractivity contribution in [3.8, 4) is 0 Å². The fourth-order valence-electron chi connectivity index (χ4n) is 1.31. The lowest BCUT2D eigenvalue weighted by atomic mass is 9.96. The van der Waals surface area contributed by atoms with Gasteiger partial charge in [-0.1, -0.05) is 0 Å². The summed E-state index contributed by atoms with van der Waals surface area (Å²) in [5.41, 5.74) is 0.280. The molecule has 0 atom stereocenters. The maximum Gasteiger partial charge on any atom is 0.128 e. The number of ether oxygens (including phenoxy) is 1. The second-order valence-corrected chi connectivity index (χ2v) is 4.00. The predicted octanol–water partition coefficient (Wildman–Crippen LogP) is 2.12. The lowest BCUT2D eigenvalue weighted by Gasteiger charge is -2.37. The van der Waals surface area contributed by atoms with E-state index in [0.717, 1.165) is 12.1 Å². The van der Waals surface area contributed by atoms with Crippen LogP contribution in [0.3, 0.4) is 0 Å². The average Bonchev–Trinajstić information content (AvgIpc) is 2.05. The van der Waals surface area contributed by atoms with Crippen LogP contribution in [0.2, 0.25) is 0 Å². The van der Waals surface area contributed by atoms with Gasteiger partial charge in [-0.3, -0.25) is 0 Å². The fraction of sp³-hybridized carbons (Fsp3) is 0.333. The molecule has 0 amide bonds. The molecule has 70 valence electrons. The summed E-state index contributed by atoms with van der Waals surface area (Å²) in [7, 11) is 0. The van der Waals surface area contributed by atoms with Gasteiger partial charge < -0.3 is 4.74 Å². The van der Waals surface area contributed by atoms with E-state index in [1.54, 1.807) is 0 Å². The van der Waals surface area contributed by atoms with E-state index in [-0.39, 0.29) is 5.56 Å². The van der Waals surface area contributed by atoms with E-state index in [0.29, 0.717) is 13.2 Å². The normalized spacial score (nSPS) is 19.6. The molecule has 1 nitrogen and oxygen atoms in total. The van der Waals surface area contributed by atoms with Crippen LogP contribution in [0.15, 0.2) is 18.2 Å². The van der Waals surface area contributed by atoms with Crippen molar-refractivity contribution in [1.82, 2.24) is 0 Å². The number of thiol groups is 1. The molecule has 0 N–H and O–H groups in total. The Kier molecular flexibility index (Phi) is 2.04. The standard InChI is InChI=1S/C9H8F2OS/c10-6-1-2-8(11)7(3-6)9(13)4-12-5-9/h1-3,13H,4-5H2. The summed E-state index contributed by atoms with van der Waals surface area (Å²) >= 11 is 4.25. The molecule has 0 bridgehead atoms. The molecule has 1 heterocycles. The number of benzene rings is 1. The van der Waals surface area contributed by atoms with Gasteiger partial charge in [-0.25, -0.2) is 8.78 Å². The molecule has 0 aliphatic carbocycles. The Bertz CT molecular complexity index is 336. The monoisotopic (exact) mass is 202 g/mol. The van der Waals surface area contributed by atoms with E-state index in [1.165, 1.54) is 6.07 Å². The molecule has 1 aromatic rings. The van der Waals surface area contributed by atoms with Crippen molar-refractivity contribution in [3.05, 3.63) is 35.4 Å². The van der Waals surface area contributed by atoms with E-state index >= 15 is 0 Å². The summed E-state index contributed by atoms with van der Waals surface area (Å²) < 4.78 is 30.3. The zero-order chi connectivity index (χ0) is 9.47. The largest absolute Gasteiger partial charge is 0.378 e. The van der Waals surface area contributed by atoms with Crippen LogP contribution < -0.4 is 0 Å². The zero-order valence-electron chi connectivity index (χ0n) is 6.76. The predicted molar refractivity (Wildman–Crippen MR) is 47.8 cm³/mol. The number of hydrogen-bond donors (Lipinski definition) is 1. The molecule has 2 rings (SSSR count). The van der Waals surface area contributed by atoms with Gasteiger partial charge in [-0.15, -0.1) is 0 Å². The first-order chi connectivity index (χ1) is 6.12. The Hall–Kier alpha value is -0.610. The maximum atomic E-state index is 13.2. The topological polar surface area (TPSA) is 9.23 Å². The smallest absolute Gasteiger partial charge is 0.128 e. The lowest BCUT2D eigenvalue weighted by molar-refractivity contribution is -0.0113.